The summed E-state index contributed by atoms with van der Waals surface area (Å²) in [4.78, 5) is 17.7. The lowest BCUT2D eigenvalue weighted by Gasteiger charge is -2.46. The second kappa shape index (κ2) is 11.1. The summed E-state index contributed by atoms with van der Waals surface area (Å²) in [6.07, 6.45) is 14.3. The van der Waals surface area contributed by atoms with Crippen molar-refractivity contribution in [1.29, 1.82) is 5.26 Å². The fraction of sp³-hybridized carbons (Fsp3) is 0.719. The van der Waals surface area contributed by atoms with Crippen LogP contribution >= 0.6 is 0 Å². The molecule has 2 aliphatic carbocycles. The van der Waals surface area contributed by atoms with Crippen LogP contribution in [0.1, 0.15) is 94.6 Å². The van der Waals surface area contributed by atoms with E-state index in [4.69, 9.17) is 5.10 Å². The second-order valence-electron chi connectivity index (χ2n) is 13.1. The standard InChI is InChI=1S/C32H45N5O2/c1-23-20-27(7-6-26(23)22-33)37-29(24-4-2-3-5-24)21-30(34-37)35-18-14-32(15-19-35)12-8-25(9-13-32)31(39)36-16-10-28(38)11-17-36/h6-7,20,24-25,28-29,38H,2-5,8-19,21H2,1H3. The molecule has 0 bridgehead atoms. The van der Waals surface area contributed by atoms with E-state index in [1.807, 2.05) is 17.9 Å². The lowest BCUT2D eigenvalue weighted by atomic mass is 9.65. The van der Waals surface area contributed by atoms with E-state index in [0.29, 0.717) is 23.3 Å². The average molecular weight is 532 g/mol. The number of carbonyl (C=O) groups excluding carboxylic acids is 1. The Hall–Kier alpha value is -2.59. The van der Waals surface area contributed by atoms with E-state index >= 15 is 0 Å². The van der Waals surface area contributed by atoms with Crippen molar-refractivity contribution in [3.63, 3.8) is 0 Å². The minimum Gasteiger partial charge on any atom is -0.393 e. The molecule has 1 aromatic rings. The molecule has 1 aromatic carbocycles. The smallest absolute Gasteiger partial charge is 0.225 e. The van der Waals surface area contributed by atoms with Gasteiger partial charge in [0.1, 0.15) is 5.84 Å². The fourth-order valence-electron chi connectivity index (χ4n) is 8.14. The number of aliphatic hydroxyl groups is 1. The number of benzene rings is 1. The van der Waals surface area contributed by atoms with Crippen LogP contribution in [-0.2, 0) is 4.79 Å². The monoisotopic (exact) mass is 531 g/mol. The van der Waals surface area contributed by atoms with Crippen LogP contribution in [0.5, 0.6) is 0 Å². The summed E-state index contributed by atoms with van der Waals surface area (Å²) in [6.45, 7) is 5.61. The number of aryl methyl sites for hydroxylation is 1. The molecule has 3 aliphatic heterocycles. The van der Waals surface area contributed by atoms with Gasteiger partial charge in [-0.05, 0) is 106 Å². The van der Waals surface area contributed by atoms with Crippen molar-refractivity contribution < 1.29 is 9.90 Å². The normalized spacial score (nSPS) is 26.7. The number of rotatable bonds is 3. The molecule has 7 heteroatoms. The quantitative estimate of drug-likeness (QED) is 0.579. The number of hydrogen-bond acceptors (Lipinski definition) is 6. The molecule has 5 aliphatic rings. The topological polar surface area (TPSA) is 83.2 Å². The predicted octanol–water partition coefficient (Wildman–Crippen LogP) is 5.20. The molecule has 2 saturated carbocycles. The molecule has 1 N–H and O–H groups in total. The van der Waals surface area contributed by atoms with Gasteiger partial charge in [-0.15, -0.1) is 0 Å². The van der Waals surface area contributed by atoms with Crippen LogP contribution in [0.4, 0.5) is 5.69 Å². The van der Waals surface area contributed by atoms with Crippen LogP contribution in [-0.4, -0.2) is 65.0 Å². The van der Waals surface area contributed by atoms with E-state index in [-0.39, 0.29) is 12.0 Å². The highest BCUT2D eigenvalue weighted by molar-refractivity contribution is 5.87. The molecule has 0 radical (unpaired) electrons. The van der Waals surface area contributed by atoms with Gasteiger partial charge >= 0.3 is 0 Å². The summed E-state index contributed by atoms with van der Waals surface area (Å²) in [6, 6.07) is 8.89. The number of amides is 1. The van der Waals surface area contributed by atoms with Gasteiger partial charge in [-0.25, -0.2) is 0 Å². The first kappa shape index (κ1) is 26.6. The number of likely N-dealkylation sites (tertiary alicyclic amines) is 2. The molecular weight excluding hydrogens is 486 g/mol. The Bertz CT molecular complexity index is 1110. The maximum absolute atomic E-state index is 13.1. The first-order chi connectivity index (χ1) is 18.9. The van der Waals surface area contributed by atoms with E-state index in [0.717, 1.165) is 75.1 Å². The summed E-state index contributed by atoms with van der Waals surface area (Å²) in [5.41, 5.74) is 3.28. The molecule has 210 valence electrons. The van der Waals surface area contributed by atoms with Crippen LogP contribution in [0, 0.1) is 35.5 Å². The molecule has 6 rings (SSSR count). The van der Waals surface area contributed by atoms with E-state index in [1.165, 1.54) is 57.2 Å². The van der Waals surface area contributed by atoms with Crippen molar-refractivity contribution in [3.05, 3.63) is 29.3 Å². The Morgan fingerprint density at radius 2 is 1.69 bits per heavy atom. The Balaban J connectivity index is 1.08. The molecule has 39 heavy (non-hydrogen) atoms. The van der Waals surface area contributed by atoms with Gasteiger partial charge in [-0.1, -0.05) is 12.8 Å². The van der Waals surface area contributed by atoms with Gasteiger partial charge in [0.2, 0.25) is 5.91 Å². The van der Waals surface area contributed by atoms with Crippen LogP contribution in [0.3, 0.4) is 0 Å². The van der Waals surface area contributed by atoms with Crippen molar-refractivity contribution in [2.45, 2.75) is 103 Å². The SMILES string of the molecule is Cc1cc(N2N=C(N3CCC4(CCC(C(=O)N5CCC(O)CC5)CC4)CC3)CC2C2CCCC2)ccc1C#N. The minimum atomic E-state index is -0.230. The zero-order valence-corrected chi connectivity index (χ0v) is 23.7. The number of anilines is 1. The minimum absolute atomic E-state index is 0.180. The Kier molecular flexibility index (Phi) is 7.59. The molecule has 0 aromatic heterocycles. The predicted molar refractivity (Wildman–Crippen MR) is 153 cm³/mol. The van der Waals surface area contributed by atoms with Gasteiger partial charge in [0.05, 0.1) is 29.5 Å². The van der Waals surface area contributed by atoms with Gasteiger partial charge in [-0.2, -0.15) is 10.4 Å². The summed E-state index contributed by atoms with van der Waals surface area (Å²) in [5.74, 6) is 2.46. The van der Waals surface area contributed by atoms with Gasteiger partial charge in [-0.3, -0.25) is 9.80 Å². The Labute approximate surface area is 233 Å². The van der Waals surface area contributed by atoms with Crippen LogP contribution in [0.2, 0.25) is 0 Å². The first-order valence-corrected chi connectivity index (χ1v) is 15.5. The zero-order chi connectivity index (χ0) is 27.0. The number of amidine groups is 1. The molecule has 3 heterocycles. The van der Waals surface area contributed by atoms with Crippen molar-refractivity contribution in [2.24, 2.45) is 22.4 Å². The van der Waals surface area contributed by atoms with E-state index < -0.39 is 0 Å². The highest BCUT2D eigenvalue weighted by Gasteiger charge is 2.43. The molecule has 1 spiro atoms. The molecule has 1 unspecified atom stereocenters. The largest absolute Gasteiger partial charge is 0.393 e. The maximum Gasteiger partial charge on any atom is 0.225 e. The number of hydrazone groups is 1. The lowest BCUT2D eigenvalue weighted by molar-refractivity contribution is -0.139. The molecular formula is C32H45N5O2. The maximum atomic E-state index is 13.1. The summed E-state index contributed by atoms with van der Waals surface area (Å²) >= 11 is 0. The third-order valence-electron chi connectivity index (χ3n) is 10.8. The number of hydrogen-bond donors (Lipinski definition) is 1. The highest BCUT2D eigenvalue weighted by atomic mass is 16.3. The van der Waals surface area contributed by atoms with Gasteiger partial charge in [0, 0.05) is 38.5 Å². The van der Waals surface area contributed by atoms with Crippen molar-refractivity contribution in [1.82, 2.24) is 9.80 Å². The van der Waals surface area contributed by atoms with Gasteiger partial charge in [0.25, 0.3) is 0 Å². The molecule has 7 nitrogen and oxygen atoms in total. The van der Waals surface area contributed by atoms with E-state index in [1.54, 1.807) is 0 Å². The fourth-order valence-corrected chi connectivity index (χ4v) is 8.14. The van der Waals surface area contributed by atoms with Gasteiger partial charge in [0.15, 0.2) is 0 Å². The van der Waals surface area contributed by atoms with Crippen LogP contribution in [0.25, 0.3) is 0 Å². The van der Waals surface area contributed by atoms with Crippen molar-refractivity contribution in [3.8, 4) is 6.07 Å². The number of carbonyl (C=O) groups is 1. The zero-order valence-electron chi connectivity index (χ0n) is 23.7. The van der Waals surface area contributed by atoms with Crippen molar-refractivity contribution >= 4 is 17.4 Å². The number of piperidine rings is 2. The van der Waals surface area contributed by atoms with E-state index in [9.17, 15) is 15.2 Å². The lowest BCUT2D eigenvalue weighted by Crippen LogP contribution is -2.47. The first-order valence-electron chi connectivity index (χ1n) is 15.5. The van der Waals surface area contributed by atoms with E-state index in [2.05, 4.69) is 28.1 Å². The molecule has 2 saturated heterocycles. The number of nitrogens with zero attached hydrogens (tertiary/aromatic N) is 5. The number of aliphatic hydroxyl groups excluding tert-OH is 1. The molecule has 1 amide bonds. The Morgan fingerprint density at radius 1 is 1.00 bits per heavy atom. The second-order valence-corrected chi connectivity index (χ2v) is 13.1. The van der Waals surface area contributed by atoms with Crippen LogP contribution in [0.15, 0.2) is 23.3 Å². The third-order valence-corrected chi connectivity index (χ3v) is 10.8. The third kappa shape index (κ3) is 5.42. The summed E-state index contributed by atoms with van der Waals surface area (Å²) < 4.78 is 0. The summed E-state index contributed by atoms with van der Waals surface area (Å²) in [5, 5.41) is 26.7. The van der Waals surface area contributed by atoms with Crippen molar-refractivity contribution in [2.75, 3.05) is 31.2 Å². The van der Waals surface area contributed by atoms with Crippen LogP contribution < -0.4 is 5.01 Å². The Morgan fingerprint density at radius 3 is 2.33 bits per heavy atom. The number of nitriles is 1. The van der Waals surface area contributed by atoms with Gasteiger partial charge < -0.3 is 14.9 Å². The average Bonchev–Trinajstić information content (AvgIpc) is 3.65. The molecule has 1 atom stereocenters. The molecule has 4 fully saturated rings. The highest BCUT2D eigenvalue weighted by Crippen LogP contribution is 2.47. The summed E-state index contributed by atoms with van der Waals surface area (Å²) in [7, 11) is 0.